The molecule has 2 aliphatic carbocycles. The molecular formula is C20H24O6. The highest BCUT2D eigenvalue weighted by Gasteiger charge is 2.81. The minimum atomic E-state index is -0.737. The Kier molecular flexibility index (Phi) is 2.91. The van der Waals surface area contributed by atoms with Crippen LogP contribution >= 0.6 is 0 Å². The Labute approximate surface area is 151 Å². The smallest absolute Gasteiger partial charge is 0.164 e. The minimum absolute atomic E-state index is 0.0758. The van der Waals surface area contributed by atoms with Crippen LogP contribution in [0, 0.1) is 22.7 Å². The zero-order valence-corrected chi connectivity index (χ0v) is 14.8. The number of ketones is 1. The third-order valence-corrected chi connectivity index (χ3v) is 8.27. The van der Waals surface area contributed by atoms with Gasteiger partial charge in [-0.25, -0.2) is 0 Å². The average Bonchev–Trinajstić information content (AvgIpc) is 3.07. The largest absolute Gasteiger partial charge is 0.472 e. The van der Waals surface area contributed by atoms with E-state index in [0.717, 1.165) is 18.4 Å². The first-order valence-corrected chi connectivity index (χ1v) is 9.69. The summed E-state index contributed by atoms with van der Waals surface area (Å²) in [6.45, 7) is 2.92. The molecule has 6 heteroatoms. The molecule has 1 N–H and O–H groups in total. The van der Waals surface area contributed by atoms with Gasteiger partial charge < -0.3 is 23.7 Å². The van der Waals surface area contributed by atoms with Gasteiger partial charge in [0.1, 0.15) is 11.4 Å². The molecule has 0 unspecified atom stereocenters. The van der Waals surface area contributed by atoms with Gasteiger partial charge in [-0.05, 0) is 37.2 Å². The zero-order valence-electron chi connectivity index (χ0n) is 14.8. The number of Topliss-reactive ketones (excluding diaryl/α,β-unsaturated/α-hetero) is 1. The highest BCUT2D eigenvalue weighted by atomic mass is 16.7. The van der Waals surface area contributed by atoms with Crippen LogP contribution in [0.5, 0.6) is 0 Å². The fourth-order valence-electron chi connectivity index (χ4n) is 6.92. The SMILES string of the molecule is C[C@@H]1CC(=O)[C@]23CO[C@H]4O[C@H](c5ccoc5)C[C@@]41[C@H]2CC[C@H](O)[C@]31CO1. The van der Waals surface area contributed by atoms with Gasteiger partial charge in [0.25, 0.3) is 0 Å². The summed E-state index contributed by atoms with van der Waals surface area (Å²) < 4.78 is 23.7. The van der Waals surface area contributed by atoms with E-state index in [1.807, 2.05) is 6.07 Å². The number of carbonyl (C=O) groups excluding carboxylic acids is 1. The molecule has 0 amide bonds. The molecule has 0 radical (unpaired) electrons. The molecule has 3 aliphatic heterocycles. The van der Waals surface area contributed by atoms with Gasteiger partial charge in [-0.2, -0.15) is 0 Å². The third kappa shape index (κ3) is 1.54. The van der Waals surface area contributed by atoms with E-state index in [2.05, 4.69) is 6.92 Å². The van der Waals surface area contributed by atoms with Gasteiger partial charge in [0.05, 0.1) is 43.4 Å². The van der Waals surface area contributed by atoms with E-state index in [1.165, 1.54) is 0 Å². The summed E-state index contributed by atoms with van der Waals surface area (Å²) in [4.78, 5) is 13.3. The maximum absolute atomic E-state index is 13.3. The van der Waals surface area contributed by atoms with Crippen molar-refractivity contribution in [1.82, 2.24) is 0 Å². The third-order valence-electron chi connectivity index (χ3n) is 8.27. The average molecular weight is 360 g/mol. The monoisotopic (exact) mass is 360 g/mol. The number of aliphatic hydroxyl groups is 1. The first-order valence-electron chi connectivity index (χ1n) is 9.69. The van der Waals surface area contributed by atoms with Crippen molar-refractivity contribution in [2.75, 3.05) is 13.2 Å². The lowest BCUT2D eigenvalue weighted by atomic mass is 9.41. The van der Waals surface area contributed by atoms with Gasteiger partial charge in [0.2, 0.25) is 0 Å². The molecule has 0 aromatic carbocycles. The highest BCUT2D eigenvalue weighted by Crippen LogP contribution is 2.73. The number of ether oxygens (including phenoxy) is 3. The summed E-state index contributed by atoms with van der Waals surface area (Å²) in [5, 5.41) is 10.7. The summed E-state index contributed by atoms with van der Waals surface area (Å²) in [5.41, 5.74) is -0.644. The molecule has 6 rings (SSSR count). The molecular weight excluding hydrogens is 336 g/mol. The summed E-state index contributed by atoms with van der Waals surface area (Å²) in [5.74, 6) is 0.524. The van der Waals surface area contributed by atoms with Gasteiger partial charge in [-0.3, -0.25) is 4.79 Å². The first kappa shape index (κ1) is 15.8. The highest BCUT2D eigenvalue weighted by molar-refractivity contribution is 5.89. The van der Waals surface area contributed by atoms with E-state index < -0.39 is 17.1 Å². The van der Waals surface area contributed by atoms with Crippen molar-refractivity contribution in [1.29, 1.82) is 0 Å². The number of epoxide rings is 1. The molecule has 1 aromatic heterocycles. The van der Waals surface area contributed by atoms with Crippen molar-refractivity contribution in [3.05, 3.63) is 24.2 Å². The van der Waals surface area contributed by atoms with E-state index in [9.17, 15) is 9.90 Å². The van der Waals surface area contributed by atoms with Crippen LogP contribution in [0.15, 0.2) is 23.0 Å². The maximum atomic E-state index is 13.3. The molecule has 5 aliphatic rings. The molecule has 5 fully saturated rings. The maximum Gasteiger partial charge on any atom is 0.164 e. The predicted molar refractivity (Wildman–Crippen MR) is 88.0 cm³/mol. The summed E-state index contributed by atoms with van der Waals surface area (Å²) >= 11 is 0. The van der Waals surface area contributed by atoms with Crippen LogP contribution in [-0.2, 0) is 19.0 Å². The Morgan fingerprint density at radius 3 is 2.85 bits per heavy atom. The van der Waals surface area contributed by atoms with Crippen LogP contribution in [0.1, 0.15) is 44.3 Å². The molecule has 140 valence electrons. The van der Waals surface area contributed by atoms with E-state index in [0.29, 0.717) is 26.1 Å². The standard InChI is InChI=1S/C20H24O6/c1-11-6-16(22)19-9-24-17-18(11,7-13(26-17)12-4-5-23-8-12)14(19)2-3-15(21)20(19)10-25-20/h4-5,8,11,13-15,17,21H,2-3,6-7,9-10H2,1H3/t11-,13+,14-,15+,17+,18-,19+,20-/m1/s1. The van der Waals surface area contributed by atoms with Gasteiger partial charge in [-0.1, -0.05) is 6.92 Å². The van der Waals surface area contributed by atoms with Crippen molar-refractivity contribution in [3.63, 3.8) is 0 Å². The molecule has 2 saturated carbocycles. The van der Waals surface area contributed by atoms with Gasteiger partial charge >= 0.3 is 0 Å². The second-order valence-electron chi connectivity index (χ2n) is 8.96. The lowest BCUT2D eigenvalue weighted by Crippen LogP contribution is -2.73. The Morgan fingerprint density at radius 1 is 1.27 bits per heavy atom. The van der Waals surface area contributed by atoms with Gasteiger partial charge in [-0.15, -0.1) is 0 Å². The lowest BCUT2D eigenvalue weighted by Gasteiger charge is -2.64. The number of hydrogen-bond acceptors (Lipinski definition) is 6. The van der Waals surface area contributed by atoms with Crippen molar-refractivity contribution >= 4 is 5.78 Å². The molecule has 4 heterocycles. The summed E-state index contributed by atoms with van der Waals surface area (Å²) in [7, 11) is 0. The van der Waals surface area contributed by atoms with E-state index in [4.69, 9.17) is 18.6 Å². The Morgan fingerprint density at radius 2 is 2.12 bits per heavy atom. The molecule has 3 saturated heterocycles. The fourth-order valence-corrected chi connectivity index (χ4v) is 6.92. The van der Waals surface area contributed by atoms with Crippen LogP contribution in [0.2, 0.25) is 0 Å². The number of aliphatic hydroxyl groups excluding tert-OH is 1. The van der Waals surface area contributed by atoms with E-state index >= 15 is 0 Å². The molecule has 26 heavy (non-hydrogen) atoms. The Hall–Kier alpha value is -1.21. The quantitative estimate of drug-likeness (QED) is 0.774. The summed E-state index contributed by atoms with van der Waals surface area (Å²) in [6.07, 6.45) is 5.27. The molecule has 8 atom stereocenters. The van der Waals surface area contributed by atoms with Crippen LogP contribution in [-0.4, -0.2) is 42.1 Å². The van der Waals surface area contributed by atoms with Crippen LogP contribution in [0.25, 0.3) is 0 Å². The first-order chi connectivity index (χ1) is 12.5. The van der Waals surface area contributed by atoms with Gasteiger partial charge in [0.15, 0.2) is 6.29 Å². The topological polar surface area (TPSA) is 81.4 Å². The van der Waals surface area contributed by atoms with E-state index in [-0.39, 0.29) is 35.4 Å². The van der Waals surface area contributed by atoms with E-state index in [1.54, 1.807) is 12.5 Å². The number of hydrogen-bond donors (Lipinski definition) is 1. The Balaban J connectivity index is 1.49. The van der Waals surface area contributed by atoms with Crippen LogP contribution < -0.4 is 0 Å². The molecule has 6 nitrogen and oxygen atoms in total. The Bertz CT molecular complexity index is 754. The molecule has 1 aromatic rings. The van der Waals surface area contributed by atoms with Gasteiger partial charge in [0, 0.05) is 17.4 Å². The fraction of sp³-hybridized carbons (Fsp3) is 0.750. The predicted octanol–water partition coefficient (Wildman–Crippen LogP) is 2.22. The number of rotatable bonds is 1. The van der Waals surface area contributed by atoms with Crippen molar-refractivity contribution in [2.24, 2.45) is 22.7 Å². The minimum Gasteiger partial charge on any atom is -0.472 e. The second-order valence-corrected chi connectivity index (χ2v) is 8.96. The second kappa shape index (κ2) is 4.79. The van der Waals surface area contributed by atoms with Crippen LogP contribution in [0.4, 0.5) is 0 Å². The number of furan rings is 1. The number of carbonyl (C=O) groups is 1. The molecule has 2 spiro atoms. The molecule has 2 bridgehead atoms. The van der Waals surface area contributed by atoms with Crippen molar-refractivity contribution in [3.8, 4) is 0 Å². The van der Waals surface area contributed by atoms with Crippen molar-refractivity contribution < 1.29 is 28.5 Å². The zero-order chi connectivity index (χ0) is 17.7. The van der Waals surface area contributed by atoms with Crippen molar-refractivity contribution in [2.45, 2.75) is 56.7 Å². The van der Waals surface area contributed by atoms with Crippen LogP contribution in [0.3, 0.4) is 0 Å². The lowest BCUT2D eigenvalue weighted by molar-refractivity contribution is -0.301. The normalized spacial score (nSPS) is 54.8. The summed E-state index contributed by atoms with van der Waals surface area (Å²) in [6, 6.07) is 1.95.